The number of aromatic nitrogens is 2. The van der Waals surface area contributed by atoms with Gasteiger partial charge in [0.2, 0.25) is 0 Å². The summed E-state index contributed by atoms with van der Waals surface area (Å²) in [6, 6.07) is 9.95. The molecule has 0 radical (unpaired) electrons. The van der Waals surface area contributed by atoms with Crippen molar-refractivity contribution in [1.82, 2.24) is 9.66 Å². The van der Waals surface area contributed by atoms with Gasteiger partial charge in [0.15, 0.2) is 5.82 Å². The second-order valence-corrected chi connectivity index (χ2v) is 5.65. The Bertz CT molecular complexity index is 870. The highest BCUT2D eigenvalue weighted by Gasteiger charge is 2.20. The van der Waals surface area contributed by atoms with Crippen LogP contribution in [-0.4, -0.2) is 21.0 Å². The van der Waals surface area contributed by atoms with Crippen molar-refractivity contribution in [3.63, 3.8) is 0 Å². The average molecular weight is 337 g/mol. The minimum Gasteiger partial charge on any atom is -0.309 e. The lowest BCUT2D eigenvalue weighted by Gasteiger charge is -2.08. The summed E-state index contributed by atoms with van der Waals surface area (Å²) >= 11 is 6.20. The van der Waals surface area contributed by atoms with E-state index in [1.54, 1.807) is 10.8 Å². The molecule has 0 fully saturated rings. The quantitative estimate of drug-likeness (QED) is 0.621. The Morgan fingerprint density at radius 2 is 2.08 bits per heavy atom. The highest BCUT2D eigenvalue weighted by Crippen LogP contribution is 2.32. The monoisotopic (exact) mass is 336 g/mol. The number of benzene rings is 1. The summed E-state index contributed by atoms with van der Waals surface area (Å²) in [7, 11) is 0. The number of nitrogens with one attached hydrogen (secondary N) is 1. The van der Waals surface area contributed by atoms with E-state index in [9.17, 15) is 0 Å². The van der Waals surface area contributed by atoms with E-state index in [4.69, 9.17) is 22.0 Å². The van der Waals surface area contributed by atoms with Gasteiger partial charge in [0.25, 0.3) is 0 Å². The third-order valence-electron chi connectivity index (χ3n) is 3.57. The molecule has 120 valence electrons. The number of hydrogen-bond donors (Lipinski definition) is 1. The first-order valence-corrected chi connectivity index (χ1v) is 8.04. The number of fused-ring (bicyclic) bond motifs is 1. The molecule has 0 bridgehead atoms. The maximum atomic E-state index is 7.47. The van der Waals surface area contributed by atoms with E-state index in [0.717, 1.165) is 28.3 Å². The van der Waals surface area contributed by atoms with E-state index >= 15 is 0 Å². The molecule has 0 saturated carbocycles. The fraction of sp³-hybridized carbons (Fsp3) is 0.105. The van der Waals surface area contributed by atoms with Gasteiger partial charge < -0.3 is 5.41 Å². The van der Waals surface area contributed by atoms with Crippen LogP contribution in [0.5, 0.6) is 0 Å². The first-order valence-electron chi connectivity index (χ1n) is 7.66. The largest absolute Gasteiger partial charge is 0.309 e. The van der Waals surface area contributed by atoms with Gasteiger partial charge in [0.05, 0.1) is 5.69 Å². The summed E-state index contributed by atoms with van der Waals surface area (Å²) in [5.41, 5.74) is 3.49. The summed E-state index contributed by atoms with van der Waals surface area (Å²) in [4.78, 5) is 4.76. The zero-order chi connectivity index (χ0) is 16.9. The van der Waals surface area contributed by atoms with Crippen LogP contribution in [0.4, 0.5) is 0 Å². The van der Waals surface area contributed by atoms with E-state index in [2.05, 4.69) is 5.10 Å². The van der Waals surface area contributed by atoms with Gasteiger partial charge in [-0.15, -0.1) is 0 Å². The van der Waals surface area contributed by atoms with Crippen molar-refractivity contribution < 1.29 is 0 Å². The van der Waals surface area contributed by atoms with Gasteiger partial charge in [-0.1, -0.05) is 60.2 Å². The Labute approximate surface area is 146 Å². The Balaban J connectivity index is 2.33. The Kier molecular flexibility index (Phi) is 4.87. The summed E-state index contributed by atoms with van der Waals surface area (Å²) in [6.45, 7) is 1.94. The van der Waals surface area contributed by atoms with Gasteiger partial charge in [-0.2, -0.15) is 5.10 Å². The Hall–Kier alpha value is -2.72. The summed E-state index contributed by atoms with van der Waals surface area (Å²) in [5, 5.41) is 12.5. The van der Waals surface area contributed by atoms with Crippen molar-refractivity contribution in [1.29, 1.82) is 5.41 Å². The molecular weight excluding hydrogens is 320 g/mol. The minimum absolute atomic E-state index is 0.498. The van der Waals surface area contributed by atoms with Gasteiger partial charge in [-0.05, 0) is 19.1 Å². The van der Waals surface area contributed by atoms with Crippen LogP contribution in [0.15, 0.2) is 59.7 Å². The molecule has 0 unspecified atom stereocenters. The number of hydrogen-bond acceptors (Lipinski definition) is 3. The Morgan fingerprint density at radius 1 is 1.29 bits per heavy atom. The molecule has 1 aromatic heterocycles. The molecule has 0 amide bonds. The predicted octanol–water partition coefficient (Wildman–Crippen LogP) is 4.98. The van der Waals surface area contributed by atoms with E-state index < -0.39 is 0 Å². The molecule has 2 aromatic rings. The van der Waals surface area contributed by atoms with Crippen molar-refractivity contribution in [2.45, 2.75) is 13.3 Å². The molecule has 1 aromatic carbocycles. The first-order chi connectivity index (χ1) is 11.7. The standard InChI is InChI=1S/C19H17ClN4/c1-2-7-15(12-13-21)19-18(14-8-4-3-5-9-14)22-17-11-6-10-16(20)23-24(17)19/h2-9,11-13,21H,10H2,1H3/b7-2+,15-12+,21-13?. The van der Waals surface area contributed by atoms with Crippen LogP contribution in [0.25, 0.3) is 22.9 Å². The molecule has 4 nitrogen and oxygen atoms in total. The van der Waals surface area contributed by atoms with Gasteiger partial charge in [-0.3, -0.25) is 0 Å². The van der Waals surface area contributed by atoms with Crippen LogP contribution in [0.2, 0.25) is 0 Å². The first kappa shape index (κ1) is 16.1. The minimum atomic E-state index is 0.498. The van der Waals surface area contributed by atoms with Gasteiger partial charge >= 0.3 is 0 Å². The lowest BCUT2D eigenvalue weighted by molar-refractivity contribution is 0.853. The highest BCUT2D eigenvalue weighted by atomic mass is 35.5. The van der Waals surface area contributed by atoms with Crippen molar-refractivity contribution in [2.24, 2.45) is 5.10 Å². The van der Waals surface area contributed by atoms with Crippen LogP contribution >= 0.6 is 11.6 Å². The SMILES string of the molecule is C/C=C/C(=C\C=N)c1c(-c2ccccc2)nc2n1N=C(Cl)CC=C2. The molecule has 1 aliphatic heterocycles. The van der Waals surface area contributed by atoms with Gasteiger partial charge in [0.1, 0.15) is 10.9 Å². The highest BCUT2D eigenvalue weighted by molar-refractivity contribution is 6.65. The predicted molar refractivity (Wildman–Crippen MR) is 102 cm³/mol. The second kappa shape index (κ2) is 7.23. The smallest absolute Gasteiger partial charge is 0.154 e. The lowest BCUT2D eigenvalue weighted by Crippen LogP contribution is -2.00. The molecule has 3 rings (SSSR count). The molecule has 5 heteroatoms. The van der Waals surface area contributed by atoms with E-state index in [-0.39, 0.29) is 0 Å². The number of imidazole rings is 1. The van der Waals surface area contributed by atoms with Crippen molar-refractivity contribution in [3.8, 4) is 11.3 Å². The second-order valence-electron chi connectivity index (χ2n) is 5.22. The molecular formula is C19H17ClN4. The van der Waals surface area contributed by atoms with E-state index in [0.29, 0.717) is 11.6 Å². The molecule has 2 heterocycles. The van der Waals surface area contributed by atoms with Crippen LogP contribution < -0.4 is 0 Å². The zero-order valence-corrected chi connectivity index (χ0v) is 14.0. The molecule has 0 atom stereocenters. The van der Waals surface area contributed by atoms with E-state index in [1.807, 2.05) is 61.6 Å². The fourth-order valence-electron chi connectivity index (χ4n) is 2.59. The third kappa shape index (κ3) is 3.14. The van der Waals surface area contributed by atoms with Crippen molar-refractivity contribution >= 4 is 34.6 Å². The Morgan fingerprint density at radius 3 is 2.79 bits per heavy atom. The molecule has 1 N–H and O–H groups in total. The normalized spacial score (nSPS) is 14.4. The number of halogens is 1. The topological polar surface area (TPSA) is 54.0 Å². The maximum Gasteiger partial charge on any atom is 0.154 e. The summed E-state index contributed by atoms with van der Waals surface area (Å²) < 4.78 is 1.75. The fourth-order valence-corrected chi connectivity index (χ4v) is 2.75. The van der Waals surface area contributed by atoms with Gasteiger partial charge in [-0.25, -0.2) is 9.66 Å². The van der Waals surface area contributed by atoms with Crippen LogP contribution in [0.3, 0.4) is 0 Å². The molecule has 0 spiro atoms. The maximum absolute atomic E-state index is 7.47. The molecule has 0 aliphatic carbocycles. The van der Waals surface area contributed by atoms with Gasteiger partial charge in [0, 0.05) is 23.8 Å². The number of allylic oxidation sites excluding steroid dienone is 5. The average Bonchev–Trinajstić information content (AvgIpc) is 2.83. The zero-order valence-electron chi connectivity index (χ0n) is 13.3. The lowest BCUT2D eigenvalue weighted by atomic mass is 10.0. The van der Waals surface area contributed by atoms with Crippen molar-refractivity contribution in [3.05, 3.63) is 66.2 Å². The van der Waals surface area contributed by atoms with E-state index in [1.165, 1.54) is 6.21 Å². The number of nitrogens with zero attached hydrogens (tertiary/aromatic N) is 3. The summed E-state index contributed by atoms with van der Waals surface area (Å²) in [5.74, 6) is 0.722. The van der Waals surface area contributed by atoms with Crippen LogP contribution in [0.1, 0.15) is 24.9 Å². The third-order valence-corrected chi connectivity index (χ3v) is 3.80. The number of rotatable bonds is 4. The summed E-state index contributed by atoms with van der Waals surface area (Å²) in [6.07, 6.45) is 11.3. The molecule has 1 aliphatic rings. The molecule has 0 saturated heterocycles. The van der Waals surface area contributed by atoms with Crippen molar-refractivity contribution in [2.75, 3.05) is 0 Å². The van der Waals surface area contributed by atoms with Crippen LogP contribution in [0, 0.1) is 5.41 Å². The van der Waals surface area contributed by atoms with Crippen LogP contribution in [-0.2, 0) is 0 Å². The molecule has 24 heavy (non-hydrogen) atoms.